The molecule has 3 amide bonds. The summed E-state index contributed by atoms with van der Waals surface area (Å²) in [5.41, 5.74) is -1.47. The highest BCUT2D eigenvalue weighted by molar-refractivity contribution is 5.84. The fraction of sp³-hybridized carbons (Fsp3) is 0.875. The van der Waals surface area contributed by atoms with Crippen LogP contribution in [0.15, 0.2) is 0 Å². The Morgan fingerprint density at radius 1 is 1.16 bits per heavy atom. The van der Waals surface area contributed by atoms with Crippen LogP contribution in [0.4, 0.5) is 0 Å². The first-order valence-electron chi connectivity index (χ1n) is 12.2. The minimum atomic E-state index is -1.47. The van der Waals surface area contributed by atoms with Gasteiger partial charge in [0.1, 0.15) is 5.60 Å². The third-order valence-corrected chi connectivity index (χ3v) is 6.05. The van der Waals surface area contributed by atoms with Crippen LogP contribution in [0.1, 0.15) is 98.3 Å². The molecule has 1 heterocycles. The molecule has 1 saturated heterocycles. The Kier molecular flexibility index (Phi) is 12.8. The highest BCUT2D eigenvalue weighted by atomic mass is 16.3. The first-order valence-corrected chi connectivity index (χ1v) is 12.2. The molecule has 7 heteroatoms. The highest BCUT2D eigenvalue weighted by Gasteiger charge is 2.31. The number of nitrogens with one attached hydrogen (secondary N) is 3. The largest absolute Gasteiger partial charge is 0.380 e. The van der Waals surface area contributed by atoms with Crippen molar-refractivity contribution in [1.29, 1.82) is 0 Å². The maximum atomic E-state index is 12.4. The molecule has 1 rings (SSSR count). The van der Waals surface area contributed by atoms with E-state index in [1.807, 2.05) is 0 Å². The van der Waals surface area contributed by atoms with Gasteiger partial charge in [-0.3, -0.25) is 14.4 Å². The summed E-state index contributed by atoms with van der Waals surface area (Å²) in [7, 11) is 0. The summed E-state index contributed by atoms with van der Waals surface area (Å²) < 4.78 is 0. The van der Waals surface area contributed by atoms with Crippen LogP contribution in [0.5, 0.6) is 0 Å². The van der Waals surface area contributed by atoms with E-state index in [9.17, 15) is 19.5 Å². The Bertz CT molecular complexity index is 563. The van der Waals surface area contributed by atoms with Gasteiger partial charge in [0, 0.05) is 32.0 Å². The molecule has 0 aromatic carbocycles. The quantitative estimate of drug-likeness (QED) is 0.489. The lowest BCUT2D eigenvalue weighted by Gasteiger charge is -2.27. The van der Waals surface area contributed by atoms with E-state index in [0.717, 1.165) is 44.9 Å². The van der Waals surface area contributed by atoms with E-state index < -0.39 is 5.60 Å². The number of hydrogen-bond donors (Lipinski definition) is 4. The predicted molar refractivity (Wildman–Crippen MR) is 123 cm³/mol. The van der Waals surface area contributed by atoms with E-state index >= 15 is 0 Å². The second-order valence-electron chi connectivity index (χ2n) is 9.91. The fourth-order valence-corrected chi connectivity index (χ4v) is 3.90. The molecule has 1 aliphatic rings. The predicted octanol–water partition coefficient (Wildman–Crippen LogP) is 3.05. The van der Waals surface area contributed by atoms with Crippen LogP contribution in [-0.2, 0) is 14.4 Å². The van der Waals surface area contributed by atoms with Crippen molar-refractivity contribution >= 4 is 17.7 Å². The van der Waals surface area contributed by atoms with E-state index in [1.165, 1.54) is 0 Å². The third-order valence-electron chi connectivity index (χ3n) is 6.05. The van der Waals surface area contributed by atoms with Gasteiger partial charge in [-0.1, -0.05) is 46.5 Å². The second-order valence-corrected chi connectivity index (χ2v) is 9.91. The van der Waals surface area contributed by atoms with Gasteiger partial charge < -0.3 is 21.1 Å². The van der Waals surface area contributed by atoms with Crippen LogP contribution in [-0.4, -0.2) is 47.6 Å². The van der Waals surface area contributed by atoms with E-state index in [4.69, 9.17) is 0 Å². The van der Waals surface area contributed by atoms with Gasteiger partial charge in [-0.2, -0.15) is 0 Å². The molecule has 0 aromatic rings. The fourth-order valence-electron chi connectivity index (χ4n) is 3.90. The van der Waals surface area contributed by atoms with Crippen LogP contribution >= 0.6 is 0 Å². The van der Waals surface area contributed by atoms with E-state index in [0.29, 0.717) is 31.3 Å². The number of aliphatic hydroxyl groups is 1. The van der Waals surface area contributed by atoms with Crippen molar-refractivity contribution in [2.45, 2.75) is 110 Å². The van der Waals surface area contributed by atoms with E-state index in [-0.39, 0.29) is 43.0 Å². The zero-order valence-corrected chi connectivity index (χ0v) is 20.1. The van der Waals surface area contributed by atoms with Crippen molar-refractivity contribution in [2.75, 3.05) is 13.1 Å². The lowest BCUT2D eigenvalue weighted by atomic mass is 9.89. The Hall–Kier alpha value is -1.63. The molecule has 1 fully saturated rings. The summed E-state index contributed by atoms with van der Waals surface area (Å²) in [6.45, 7) is 9.14. The standard InChI is InChI=1S/C24H45N3O4/c1-18(2)13-16-26-23(30)24(4,31)14-12-20-17-19(3)9-7-5-6-8-15-25-21(28)10-11-22(29)27-20/h18-20,31H,5-17H2,1-4H3,(H,25,28)(H,26,30)(H,27,29)/t19-,20+,24?/m1/s1. The van der Waals surface area contributed by atoms with E-state index in [1.54, 1.807) is 6.92 Å². The van der Waals surface area contributed by atoms with Crippen molar-refractivity contribution in [3.05, 3.63) is 0 Å². The van der Waals surface area contributed by atoms with Crippen molar-refractivity contribution in [1.82, 2.24) is 16.0 Å². The van der Waals surface area contributed by atoms with Gasteiger partial charge in [-0.05, 0) is 50.9 Å². The Balaban J connectivity index is 2.66. The van der Waals surface area contributed by atoms with Crippen molar-refractivity contribution in [3.63, 3.8) is 0 Å². The van der Waals surface area contributed by atoms with E-state index in [2.05, 4.69) is 36.7 Å². The topological polar surface area (TPSA) is 108 Å². The van der Waals surface area contributed by atoms with Crippen LogP contribution in [0, 0.1) is 11.8 Å². The van der Waals surface area contributed by atoms with Gasteiger partial charge in [0.15, 0.2) is 0 Å². The number of hydrogen-bond acceptors (Lipinski definition) is 4. The molecule has 180 valence electrons. The average molecular weight is 440 g/mol. The molecule has 0 bridgehead atoms. The molecule has 0 radical (unpaired) electrons. The van der Waals surface area contributed by atoms with Crippen LogP contribution in [0.2, 0.25) is 0 Å². The molecular weight excluding hydrogens is 394 g/mol. The summed E-state index contributed by atoms with van der Waals surface area (Å²) >= 11 is 0. The highest BCUT2D eigenvalue weighted by Crippen LogP contribution is 2.21. The SMILES string of the molecule is CC(C)CCNC(=O)C(C)(O)CC[C@H]1C[C@H](C)CCCCCCNC(=O)CCC(=O)N1. The van der Waals surface area contributed by atoms with Gasteiger partial charge in [0.05, 0.1) is 0 Å². The Morgan fingerprint density at radius 2 is 1.84 bits per heavy atom. The van der Waals surface area contributed by atoms with Crippen LogP contribution < -0.4 is 16.0 Å². The summed E-state index contributed by atoms with van der Waals surface area (Å²) in [6.07, 6.45) is 8.25. The first-order chi connectivity index (χ1) is 14.6. The molecule has 0 spiro atoms. The molecule has 31 heavy (non-hydrogen) atoms. The summed E-state index contributed by atoms with van der Waals surface area (Å²) in [4.78, 5) is 36.7. The van der Waals surface area contributed by atoms with Gasteiger partial charge in [0.25, 0.3) is 5.91 Å². The molecule has 0 aromatic heterocycles. The lowest BCUT2D eigenvalue weighted by molar-refractivity contribution is -0.139. The van der Waals surface area contributed by atoms with Crippen molar-refractivity contribution in [3.8, 4) is 0 Å². The summed E-state index contributed by atoms with van der Waals surface area (Å²) in [5.74, 6) is 0.332. The Morgan fingerprint density at radius 3 is 2.55 bits per heavy atom. The first kappa shape index (κ1) is 27.4. The zero-order valence-electron chi connectivity index (χ0n) is 20.1. The summed E-state index contributed by atoms with van der Waals surface area (Å²) in [5, 5.41) is 19.4. The van der Waals surface area contributed by atoms with Gasteiger partial charge in [-0.25, -0.2) is 0 Å². The summed E-state index contributed by atoms with van der Waals surface area (Å²) in [6, 6.07) is -0.120. The lowest BCUT2D eigenvalue weighted by Crippen LogP contribution is -2.46. The smallest absolute Gasteiger partial charge is 0.251 e. The molecule has 1 unspecified atom stereocenters. The van der Waals surface area contributed by atoms with Gasteiger partial charge in [0.2, 0.25) is 11.8 Å². The maximum absolute atomic E-state index is 12.4. The van der Waals surface area contributed by atoms with Crippen LogP contribution in [0.3, 0.4) is 0 Å². The second kappa shape index (κ2) is 14.4. The zero-order chi connectivity index (χ0) is 23.3. The number of amides is 3. The monoisotopic (exact) mass is 439 g/mol. The number of rotatable bonds is 7. The van der Waals surface area contributed by atoms with Gasteiger partial charge in [-0.15, -0.1) is 0 Å². The molecule has 1 aliphatic heterocycles. The normalized spacial score (nSPS) is 24.3. The van der Waals surface area contributed by atoms with Crippen molar-refractivity contribution in [2.24, 2.45) is 11.8 Å². The Labute approximate surface area is 188 Å². The van der Waals surface area contributed by atoms with Crippen molar-refractivity contribution < 1.29 is 19.5 Å². The maximum Gasteiger partial charge on any atom is 0.251 e. The third kappa shape index (κ3) is 12.7. The average Bonchev–Trinajstić information content (AvgIpc) is 2.69. The molecule has 0 saturated carbocycles. The van der Waals surface area contributed by atoms with Crippen LogP contribution in [0.25, 0.3) is 0 Å². The molecular formula is C24H45N3O4. The number of carbonyl (C=O) groups excluding carboxylic acids is 3. The molecule has 3 atom stereocenters. The van der Waals surface area contributed by atoms with Gasteiger partial charge >= 0.3 is 0 Å². The molecule has 0 aliphatic carbocycles. The minimum Gasteiger partial charge on any atom is -0.380 e. The number of carbonyl (C=O) groups is 3. The molecule has 4 N–H and O–H groups in total. The minimum absolute atomic E-state index is 0.0871. The molecule has 7 nitrogen and oxygen atoms in total.